The molecule has 13 heavy (non-hydrogen) atoms. The van der Waals surface area contributed by atoms with Gasteiger partial charge in [0.25, 0.3) is 0 Å². The molecule has 0 aliphatic heterocycles. The molecule has 1 aliphatic carbocycles. The largest absolute Gasteiger partial charge is 0.349 e. The van der Waals surface area contributed by atoms with Gasteiger partial charge in [0, 0.05) is 26.6 Å². The van der Waals surface area contributed by atoms with Crippen molar-refractivity contribution in [3.05, 3.63) is 0 Å². The molecule has 0 spiro atoms. The van der Waals surface area contributed by atoms with Crippen molar-refractivity contribution < 1.29 is 4.79 Å². The van der Waals surface area contributed by atoms with E-state index in [9.17, 15) is 4.79 Å². The maximum absolute atomic E-state index is 11.3. The third-order valence-corrected chi connectivity index (χ3v) is 2.43. The molecule has 1 fully saturated rings. The van der Waals surface area contributed by atoms with Crippen LogP contribution in [0.25, 0.3) is 0 Å². The third kappa shape index (κ3) is 4.27. The van der Waals surface area contributed by atoms with Gasteiger partial charge in [-0.3, -0.25) is 4.79 Å². The van der Waals surface area contributed by atoms with Crippen LogP contribution in [0.5, 0.6) is 0 Å². The van der Waals surface area contributed by atoms with E-state index in [1.54, 1.807) is 19.0 Å². The number of hydrogen-bond donors (Lipinski definition) is 1. The van der Waals surface area contributed by atoms with Crippen molar-refractivity contribution in [1.29, 1.82) is 0 Å². The second kappa shape index (κ2) is 4.61. The Morgan fingerprint density at radius 1 is 1.54 bits per heavy atom. The maximum Gasteiger partial charge on any atom is 0.223 e. The van der Waals surface area contributed by atoms with Crippen molar-refractivity contribution in [2.24, 2.45) is 5.92 Å². The Hall–Kier alpha value is -0.570. The second-order valence-electron chi connectivity index (χ2n) is 4.24. The summed E-state index contributed by atoms with van der Waals surface area (Å²) in [6.45, 7) is 3.16. The monoisotopic (exact) mass is 184 g/mol. The van der Waals surface area contributed by atoms with Gasteiger partial charge in [0.05, 0.1) is 0 Å². The Bertz CT molecular complexity index is 176. The van der Waals surface area contributed by atoms with Crippen LogP contribution in [0.1, 0.15) is 26.2 Å². The van der Waals surface area contributed by atoms with Crippen molar-refractivity contribution in [3.63, 3.8) is 0 Å². The molecule has 0 aromatic heterocycles. The van der Waals surface area contributed by atoms with Gasteiger partial charge in [-0.25, -0.2) is 0 Å². The molecule has 0 radical (unpaired) electrons. The van der Waals surface area contributed by atoms with E-state index in [2.05, 4.69) is 12.2 Å². The summed E-state index contributed by atoms with van der Waals surface area (Å²) in [5.41, 5.74) is 0. The molecular weight excluding hydrogens is 164 g/mol. The Morgan fingerprint density at radius 3 is 2.62 bits per heavy atom. The lowest BCUT2D eigenvalue weighted by molar-refractivity contribution is -0.129. The van der Waals surface area contributed by atoms with Crippen LogP contribution in [0.2, 0.25) is 0 Å². The minimum absolute atomic E-state index is 0.204. The SMILES string of the molecule is CC(CC(=O)N(C)C)NCC1CC1. The lowest BCUT2D eigenvalue weighted by Crippen LogP contribution is -2.34. The van der Waals surface area contributed by atoms with Crippen LogP contribution in [-0.2, 0) is 4.79 Å². The molecule has 1 saturated carbocycles. The molecule has 76 valence electrons. The molecule has 0 aromatic carbocycles. The Labute approximate surface area is 80.5 Å². The number of nitrogens with zero attached hydrogens (tertiary/aromatic N) is 1. The van der Waals surface area contributed by atoms with E-state index >= 15 is 0 Å². The number of amides is 1. The zero-order valence-corrected chi connectivity index (χ0v) is 8.84. The molecule has 0 saturated heterocycles. The van der Waals surface area contributed by atoms with Gasteiger partial charge in [-0.1, -0.05) is 0 Å². The number of hydrogen-bond acceptors (Lipinski definition) is 2. The van der Waals surface area contributed by atoms with Gasteiger partial charge in [-0.15, -0.1) is 0 Å². The fourth-order valence-electron chi connectivity index (χ4n) is 1.21. The van der Waals surface area contributed by atoms with Crippen LogP contribution in [0.4, 0.5) is 0 Å². The minimum Gasteiger partial charge on any atom is -0.349 e. The first-order valence-electron chi connectivity index (χ1n) is 5.03. The first-order chi connectivity index (χ1) is 6.09. The quantitative estimate of drug-likeness (QED) is 0.687. The number of nitrogens with one attached hydrogen (secondary N) is 1. The van der Waals surface area contributed by atoms with Gasteiger partial charge < -0.3 is 10.2 Å². The molecule has 3 nitrogen and oxygen atoms in total. The first-order valence-corrected chi connectivity index (χ1v) is 5.03. The van der Waals surface area contributed by atoms with Crippen molar-refractivity contribution in [3.8, 4) is 0 Å². The highest BCUT2D eigenvalue weighted by Gasteiger charge is 2.21. The predicted molar refractivity (Wildman–Crippen MR) is 53.5 cm³/mol. The van der Waals surface area contributed by atoms with Crippen LogP contribution in [0, 0.1) is 5.92 Å². The van der Waals surface area contributed by atoms with Crippen LogP contribution in [-0.4, -0.2) is 37.5 Å². The van der Waals surface area contributed by atoms with Gasteiger partial charge in [-0.05, 0) is 32.2 Å². The average Bonchev–Trinajstić information content (AvgIpc) is 2.83. The Morgan fingerprint density at radius 2 is 2.15 bits per heavy atom. The van der Waals surface area contributed by atoms with E-state index in [4.69, 9.17) is 0 Å². The first kappa shape index (κ1) is 10.5. The van der Waals surface area contributed by atoms with Gasteiger partial charge in [0.1, 0.15) is 0 Å². The van der Waals surface area contributed by atoms with E-state index in [1.807, 2.05) is 0 Å². The maximum atomic E-state index is 11.3. The topological polar surface area (TPSA) is 32.3 Å². The number of carbonyl (C=O) groups excluding carboxylic acids is 1. The molecule has 0 aromatic rings. The van der Waals surface area contributed by atoms with Crippen LogP contribution in [0.3, 0.4) is 0 Å². The second-order valence-corrected chi connectivity index (χ2v) is 4.24. The summed E-state index contributed by atoms with van der Waals surface area (Å²) < 4.78 is 0. The van der Waals surface area contributed by atoms with E-state index in [-0.39, 0.29) is 5.91 Å². The summed E-state index contributed by atoms with van der Waals surface area (Å²) in [5, 5.41) is 3.38. The van der Waals surface area contributed by atoms with Crippen LogP contribution in [0.15, 0.2) is 0 Å². The molecule has 1 aliphatic rings. The van der Waals surface area contributed by atoms with Crippen molar-refractivity contribution >= 4 is 5.91 Å². The van der Waals surface area contributed by atoms with Crippen LogP contribution < -0.4 is 5.32 Å². The summed E-state index contributed by atoms with van der Waals surface area (Å²) in [4.78, 5) is 12.9. The summed E-state index contributed by atoms with van der Waals surface area (Å²) in [7, 11) is 3.60. The normalized spacial score (nSPS) is 18.4. The predicted octanol–water partition coefficient (Wildman–Crippen LogP) is 0.853. The molecule has 1 unspecified atom stereocenters. The molecule has 1 N–H and O–H groups in total. The Kier molecular flexibility index (Phi) is 3.72. The number of rotatable bonds is 5. The standard InChI is InChI=1S/C10H20N2O/c1-8(6-10(13)12(2)3)11-7-9-4-5-9/h8-9,11H,4-7H2,1-3H3. The van der Waals surface area contributed by atoms with E-state index in [0.29, 0.717) is 12.5 Å². The van der Waals surface area contributed by atoms with Crippen molar-refractivity contribution in [2.75, 3.05) is 20.6 Å². The molecule has 1 atom stereocenters. The van der Waals surface area contributed by atoms with Crippen molar-refractivity contribution in [1.82, 2.24) is 10.2 Å². The van der Waals surface area contributed by atoms with Gasteiger partial charge in [0.15, 0.2) is 0 Å². The summed E-state index contributed by atoms with van der Waals surface area (Å²) >= 11 is 0. The van der Waals surface area contributed by atoms with E-state index in [0.717, 1.165) is 12.5 Å². The molecule has 1 amide bonds. The van der Waals surface area contributed by atoms with Gasteiger partial charge >= 0.3 is 0 Å². The smallest absolute Gasteiger partial charge is 0.223 e. The van der Waals surface area contributed by atoms with E-state index < -0.39 is 0 Å². The Balaban J connectivity index is 2.08. The highest BCUT2D eigenvalue weighted by Crippen LogP contribution is 2.27. The van der Waals surface area contributed by atoms with Gasteiger partial charge in [0.2, 0.25) is 5.91 Å². The third-order valence-electron chi connectivity index (χ3n) is 2.43. The molecule has 0 heterocycles. The highest BCUT2D eigenvalue weighted by atomic mass is 16.2. The summed E-state index contributed by atoms with van der Waals surface area (Å²) in [5.74, 6) is 1.09. The minimum atomic E-state index is 0.204. The zero-order valence-electron chi connectivity index (χ0n) is 8.84. The molecule has 3 heteroatoms. The fourth-order valence-corrected chi connectivity index (χ4v) is 1.21. The summed E-state index contributed by atoms with van der Waals surface area (Å²) in [6.07, 6.45) is 3.34. The molecule has 0 bridgehead atoms. The number of carbonyl (C=O) groups is 1. The summed E-state index contributed by atoms with van der Waals surface area (Å²) in [6, 6.07) is 0.315. The highest BCUT2D eigenvalue weighted by molar-refractivity contribution is 5.76. The molecule has 1 rings (SSSR count). The lowest BCUT2D eigenvalue weighted by Gasteiger charge is -2.16. The average molecular weight is 184 g/mol. The van der Waals surface area contributed by atoms with Crippen molar-refractivity contribution in [2.45, 2.75) is 32.2 Å². The van der Waals surface area contributed by atoms with E-state index in [1.165, 1.54) is 12.8 Å². The van der Waals surface area contributed by atoms with Crippen LogP contribution >= 0.6 is 0 Å². The fraction of sp³-hybridized carbons (Fsp3) is 0.900. The van der Waals surface area contributed by atoms with Gasteiger partial charge in [-0.2, -0.15) is 0 Å². The zero-order chi connectivity index (χ0) is 9.84. The lowest BCUT2D eigenvalue weighted by atomic mass is 10.2. The molecular formula is C10H20N2O.